The minimum Gasteiger partial charge on any atom is -0.262 e. The number of hydrogen-bond acceptors (Lipinski definition) is 2. The van der Waals surface area contributed by atoms with Gasteiger partial charge >= 0.3 is 0 Å². The van der Waals surface area contributed by atoms with E-state index >= 15 is 0 Å². The highest BCUT2D eigenvalue weighted by Crippen LogP contribution is 2.17. The first-order chi connectivity index (χ1) is 6.27. The van der Waals surface area contributed by atoms with Crippen LogP contribution in [0.25, 0.3) is 6.08 Å². The van der Waals surface area contributed by atoms with Gasteiger partial charge in [0.15, 0.2) is 0 Å². The van der Waals surface area contributed by atoms with Crippen molar-refractivity contribution in [3.63, 3.8) is 0 Å². The molecule has 1 rings (SSSR count). The fourth-order valence-electron chi connectivity index (χ4n) is 0.853. The molecule has 0 fully saturated rings. The average Bonchev–Trinajstić information content (AvgIpc) is 2.20. The standard InChI is InChI=1S/C9H10N2.C2H6/c1-4-8-9(10-3)6-5-7(2)11-8;1-2/h4-6H,1,3H2,2H3;1-2H3. The van der Waals surface area contributed by atoms with Crippen molar-refractivity contribution >= 4 is 18.5 Å². The molecule has 2 heteroatoms. The quantitative estimate of drug-likeness (QED) is 0.634. The van der Waals surface area contributed by atoms with Gasteiger partial charge in [-0.2, -0.15) is 0 Å². The Labute approximate surface area is 80.1 Å². The number of aliphatic imine (C=N–C) groups is 1. The first kappa shape index (κ1) is 11.6. The molecule has 0 N–H and O–H groups in total. The molecule has 1 aromatic rings. The van der Waals surface area contributed by atoms with Gasteiger partial charge in [0.05, 0.1) is 11.4 Å². The van der Waals surface area contributed by atoms with E-state index in [1.54, 1.807) is 6.08 Å². The zero-order valence-corrected chi connectivity index (χ0v) is 8.54. The van der Waals surface area contributed by atoms with E-state index in [1.807, 2.05) is 32.9 Å². The van der Waals surface area contributed by atoms with Crippen molar-refractivity contribution in [3.05, 3.63) is 30.1 Å². The van der Waals surface area contributed by atoms with Crippen molar-refractivity contribution in [3.8, 4) is 0 Å². The van der Waals surface area contributed by atoms with E-state index in [0.717, 1.165) is 17.1 Å². The Hall–Kier alpha value is -1.44. The van der Waals surface area contributed by atoms with E-state index in [-0.39, 0.29) is 0 Å². The minimum atomic E-state index is 0.783. The Balaban J connectivity index is 0.000000671. The summed E-state index contributed by atoms with van der Waals surface area (Å²) in [6, 6.07) is 3.78. The SMILES string of the molecule is C=Cc1nc(C)ccc1N=C.CC. The molecule has 1 heterocycles. The number of pyridine rings is 1. The highest BCUT2D eigenvalue weighted by molar-refractivity contribution is 5.61. The van der Waals surface area contributed by atoms with Crippen LogP contribution in [0.5, 0.6) is 0 Å². The Morgan fingerprint density at radius 2 is 2.00 bits per heavy atom. The molecular weight excluding hydrogens is 160 g/mol. The predicted molar refractivity (Wildman–Crippen MR) is 59.6 cm³/mol. The molecule has 70 valence electrons. The predicted octanol–water partition coefficient (Wildman–Crippen LogP) is 3.39. The molecule has 0 aliphatic carbocycles. The monoisotopic (exact) mass is 176 g/mol. The third-order valence-electron chi connectivity index (χ3n) is 1.41. The molecule has 0 amide bonds. The Kier molecular flexibility index (Phi) is 5.44. The lowest BCUT2D eigenvalue weighted by Crippen LogP contribution is -1.84. The van der Waals surface area contributed by atoms with Crippen molar-refractivity contribution in [1.29, 1.82) is 0 Å². The van der Waals surface area contributed by atoms with Gasteiger partial charge in [0, 0.05) is 5.69 Å². The molecule has 0 saturated carbocycles. The molecule has 0 saturated heterocycles. The summed E-state index contributed by atoms with van der Waals surface area (Å²) < 4.78 is 0. The van der Waals surface area contributed by atoms with Crippen molar-refractivity contribution in [2.45, 2.75) is 20.8 Å². The number of nitrogens with zero attached hydrogens (tertiary/aromatic N) is 2. The first-order valence-electron chi connectivity index (χ1n) is 4.34. The third kappa shape index (κ3) is 3.20. The van der Waals surface area contributed by atoms with Crippen molar-refractivity contribution in [1.82, 2.24) is 4.98 Å². The molecule has 13 heavy (non-hydrogen) atoms. The molecule has 1 aromatic heterocycles. The van der Waals surface area contributed by atoms with Crippen LogP contribution in [0.15, 0.2) is 23.7 Å². The molecule has 0 atom stereocenters. The summed E-state index contributed by atoms with van der Waals surface area (Å²) in [6.07, 6.45) is 1.68. The molecule has 0 spiro atoms. The summed E-state index contributed by atoms with van der Waals surface area (Å²) in [5, 5.41) is 0. The zero-order chi connectivity index (χ0) is 10.3. The number of aromatic nitrogens is 1. The van der Waals surface area contributed by atoms with Gasteiger partial charge in [-0.15, -0.1) is 0 Å². The summed E-state index contributed by atoms with van der Waals surface area (Å²) in [6.45, 7) is 13.0. The summed E-state index contributed by atoms with van der Waals surface area (Å²) in [5.41, 5.74) is 2.54. The third-order valence-corrected chi connectivity index (χ3v) is 1.41. The van der Waals surface area contributed by atoms with E-state index in [2.05, 4.69) is 23.3 Å². The topological polar surface area (TPSA) is 25.2 Å². The van der Waals surface area contributed by atoms with Gasteiger partial charge in [0.1, 0.15) is 0 Å². The van der Waals surface area contributed by atoms with Crippen LogP contribution in [0.3, 0.4) is 0 Å². The van der Waals surface area contributed by atoms with Crippen LogP contribution in [-0.2, 0) is 0 Å². The second-order valence-corrected chi connectivity index (χ2v) is 2.22. The van der Waals surface area contributed by atoms with Crippen molar-refractivity contribution in [2.24, 2.45) is 4.99 Å². The van der Waals surface area contributed by atoms with E-state index in [9.17, 15) is 0 Å². The molecular formula is C11H16N2. The molecule has 0 radical (unpaired) electrons. The Morgan fingerprint density at radius 3 is 2.46 bits per heavy atom. The second kappa shape index (κ2) is 6.12. The average molecular weight is 176 g/mol. The summed E-state index contributed by atoms with van der Waals surface area (Å²) in [7, 11) is 0. The maximum absolute atomic E-state index is 4.21. The normalized spacial score (nSPS) is 8.23. The smallest absolute Gasteiger partial charge is 0.0883 e. The minimum absolute atomic E-state index is 0.783. The van der Waals surface area contributed by atoms with E-state index in [1.165, 1.54) is 0 Å². The molecule has 0 aromatic carbocycles. The molecule has 0 aliphatic rings. The molecule has 0 unspecified atom stereocenters. The lowest BCUT2D eigenvalue weighted by atomic mass is 10.2. The number of hydrogen-bond donors (Lipinski definition) is 0. The van der Waals surface area contributed by atoms with E-state index in [0.29, 0.717) is 0 Å². The Morgan fingerprint density at radius 1 is 1.38 bits per heavy atom. The number of aryl methyl sites for hydroxylation is 1. The largest absolute Gasteiger partial charge is 0.262 e. The van der Waals surface area contributed by atoms with Crippen LogP contribution in [0.2, 0.25) is 0 Å². The number of rotatable bonds is 2. The molecule has 0 bridgehead atoms. The highest BCUT2D eigenvalue weighted by atomic mass is 14.8. The van der Waals surface area contributed by atoms with Crippen molar-refractivity contribution < 1.29 is 0 Å². The summed E-state index contributed by atoms with van der Waals surface area (Å²) in [4.78, 5) is 8.01. The van der Waals surface area contributed by atoms with Crippen LogP contribution in [0.4, 0.5) is 5.69 Å². The van der Waals surface area contributed by atoms with Gasteiger partial charge in [-0.1, -0.05) is 20.4 Å². The van der Waals surface area contributed by atoms with Crippen LogP contribution in [0, 0.1) is 6.92 Å². The van der Waals surface area contributed by atoms with E-state index < -0.39 is 0 Å². The zero-order valence-electron chi connectivity index (χ0n) is 8.54. The Bertz CT molecular complexity index is 290. The maximum atomic E-state index is 4.21. The maximum Gasteiger partial charge on any atom is 0.0883 e. The fourth-order valence-corrected chi connectivity index (χ4v) is 0.853. The lowest BCUT2D eigenvalue weighted by Gasteiger charge is -1.98. The lowest BCUT2D eigenvalue weighted by molar-refractivity contribution is 1.18. The molecule has 2 nitrogen and oxygen atoms in total. The van der Waals surface area contributed by atoms with E-state index in [4.69, 9.17) is 0 Å². The molecule has 0 aliphatic heterocycles. The van der Waals surface area contributed by atoms with Gasteiger partial charge in [-0.05, 0) is 31.9 Å². The van der Waals surface area contributed by atoms with Crippen LogP contribution < -0.4 is 0 Å². The van der Waals surface area contributed by atoms with Gasteiger partial charge in [0.25, 0.3) is 0 Å². The van der Waals surface area contributed by atoms with Crippen molar-refractivity contribution in [2.75, 3.05) is 0 Å². The summed E-state index contributed by atoms with van der Waals surface area (Å²) in [5.74, 6) is 0. The van der Waals surface area contributed by atoms with Gasteiger partial charge in [0.2, 0.25) is 0 Å². The fraction of sp³-hybridized carbons (Fsp3) is 0.273. The van der Waals surface area contributed by atoms with Crippen LogP contribution in [-0.4, -0.2) is 11.7 Å². The first-order valence-corrected chi connectivity index (χ1v) is 4.34. The second-order valence-electron chi connectivity index (χ2n) is 2.22. The van der Waals surface area contributed by atoms with Gasteiger partial charge in [-0.25, -0.2) is 0 Å². The van der Waals surface area contributed by atoms with Crippen LogP contribution >= 0.6 is 0 Å². The highest BCUT2D eigenvalue weighted by Gasteiger charge is 1.96. The summed E-state index contributed by atoms with van der Waals surface area (Å²) >= 11 is 0. The van der Waals surface area contributed by atoms with Gasteiger partial charge < -0.3 is 0 Å². The van der Waals surface area contributed by atoms with Crippen LogP contribution in [0.1, 0.15) is 25.2 Å². The van der Waals surface area contributed by atoms with Gasteiger partial charge in [-0.3, -0.25) is 9.98 Å².